The minimum atomic E-state index is -0.610. The minimum absolute atomic E-state index is 0.133. The van der Waals surface area contributed by atoms with Crippen molar-refractivity contribution in [1.82, 2.24) is 30.5 Å². The molecule has 3 N–H and O–H groups in total. The molecule has 0 unspecified atom stereocenters. The Hall–Kier alpha value is -4.00. The van der Waals surface area contributed by atoms with E-state index in [2.05, 4.69) is 31.5 Å². The van der Waals surface area contributed by atoms with Crippen LogP contribution in [-0.2, 0) is 18.4 Å². The number of hydrogen-bond acceptors (Lipinski definition) is 4. The number of pyridine rings is 1. The van der Waals surface area contributed by atoms with Gasteiger partial charge in [0, 0.05) is 33.8 Å². The van der Waals surface area contributed by atoms with E-state index in [4.69, 9.17) is 4.98 Å². The Morgan fingerprint density at radius 2 is 1.77 bits per heavy atom. The molecule has 0 aliphatic heterocycles. The van der Waals surface area contributed by atoms with Crippen LogP contribution in [0.15, 0.2) is 48.8 Å². The summed E-state index contributed by atoms with van der Waals surface area (Å²) in [6, 6.07) is 11.9. The molecule has 5 aromatic rings. The SMILES string of the molecule is Cc1cnc(C(C)(C)NC(=O)c2ccc(-c3nc4ccc5[nH]ncc5c4c4c3CCCC4)cc2)[nH]1. The van der Waals surface area contributed by atoms with Gasteiger partial charge < -0.3 is 10.3 Å². The van der Waals surface area contributed by atoms with E-state index in [1.165, 1.54) is 22.9 Å². The van der Waals surface area contributed by atoms with Crippen LogP contribution in [-0.4, -0.2) is 31.1 Å². The predicted octanol–water partition coefficient (Wildman–Crippen LogP) is 5.35. The molecule has 7 nitrogen and oxygen atoms in total. The maximum absolute atomic E-state index is 13.0. The molecule has 0 fully saturated rings. The lowest BCUT2D eigenvalue weighted by Crippen LogP contribution is -2.41. The number of hydrogen-bond donors (Lipinski definition) is 3. The Bertz CT molecular complexity index is 1570. The average molecular weight is 465 g/mol. The second kappa shape index (κ2) is 8.05. The molecule has 1 aliphatic carbocycles. The van der Waals surface area contributed by atoms with Gasteiger partial charge in [0.15, 0.2) is 0 Å². The van der Waals surface area contributed by atoms with Crippen molar-refractivity contribution in [3.8, 4) is 11.3 Å². The molecule has 176 valence electrons. The number of aryl methyl sites for hydroxylation is 2. The van der Waals surface area contributed by atoms with Gasteiger partial charge in [-0.25, -0.2) is 9.97 Å². The lowest BCUT2D eigenvalue weighted by atomic mass is 9.85. The number of benzene rings is 2. The van der Waals surface area contributed by atoms with Gasteiger partial charge in [0.1, 0.15) is 5.82 Å². The molecule has 0 spiro atoms. The molecule has 0 saturated heterocycles. The van der Waals surface area contributed by atoms with Crippen molar-refractivity contribution in [3.05, 3.63) is 77.0 Å². The summed E-state index contributed by atoms with van der Waals surface area (Å²) in [5, 5.41) is 12.8. The molecular weight excluding hydrogens is 436 g/mol. The zero-order valence-electron chi connectivity index (χ0n) is 20.2. The zero-order valence-corrected chi connectivity index (χ0v) is 20.2. The fourth-order valence-corrected chi connectivity index (χ4v) is 5.21. The first-order chi connectivity index (χ1) is 16.9. The fraction of sp³-hybridized carbons (Fsp3) is 0.286. The van der Waals surface area contributed by atoms with Gasteiger partial charge >= 0.3 is 0 Å². The second-order valence-corrected chi connectivity index (χ2v) is 9.99. The third-order valence-corrected chi connectivity index (χ3v) is 7.03. The average Bonchev–Trinajstić information content (AvgIpc) is 3.52. The van der Waals surface area contributed by atoms with E-state index in [-0.39, 0.29) is 5.91 Å². The predicted molar refractivity (Wildman–Crippen MR) is 137 cm³/mol. The maximum Gasteiger partial charge on any atom is 0.252 e. The number of H-pyrrole nitrogens is 2. The molecule has 3 aromatic heterocycles. The van der Waals surface area contributed by atoms with E-state index in [0.29, 0.717) is 5.56 Å². The third-order valence-electron chi connectivity index (χ3n) is 7.03. The topological polar surface area (TPSA) is 99.3 Å². The van der Waals surface area contributed by atoms with Crippen molar-refractivity contribution in [3.63, 3.8) is 0 Å². The largest absolute Gasteiger partial charge is 0.344 e. The van der Waals surface area contributed by atoms with Crippen LogP contribution in [0.2, 0.25) is 0 Å². The molecule has 1 aliphatic rings. The number of nitrogens with one attached hydrogen (secondary N) is 3. The van der Waals surface area contributed by atoms with E-state index in [9.17, 15) is 4.79 Å². The lowest BCUT2D eigenvalue weighted by molar-refractivity contribution is 0.0908. The summed E-state index contributed by atoms with van der Waals surface area (Å²) in [4.78, 5) is 25.7. The van der Waals surface area contributed by atoms with Crippen LogP contribution in [0.1, 0.15) is 59.7 Å². The van der Waals surface area contributed by atoms with Crippen LogP contribution < -0.4 is 5.32 Å². The normalized spacial score (nSPS) is 13.8. The van der Waals surface area contributed by atoms with E-state index in [1.54, 1.807) is 6.20 Å². The lowest BCUT2D eigenvalue weighted by Gasteiger charge is -2.24. The number of carbonyl (C=O) groups is 1. The van der Waals surface area contributed by atoms with Crippen molar-refractivity contribution >= 4 is 27.7 Å². The summed E-state index contributed by atoms with van der Waals surface area (Å²) < 4.78 is 0. The van der Waals surface area contributed by atoms with Gasteiger partial charge in [0.25, 0.3) is 5.91 Å². The van der Waals surface area contributed by atoms with Crippen LogP contribution >= 0.6 is 0 Å². The molecule has 0 bridgehead atoms. The number of fused-ring (bicyclic) bond motifs is 5. The van der Waals surface area contributed by atoms with Crippen molar-refractivity contribution in [2.75, 3.05) is 0 Å². The molecule has 0 atom stereocenters. The van der Waals surface area contributed by atoms with Crippen molar-refractivity contribution in [2.24, 2.45) is 0 Å². The van der Waals surface area contributed by atoms with E-state index < -0.39 is 5.54 Å². The molecule has 3 heterocycles. The highest BCUT2D eigenvalue weighted by Crippen LogP contribution is 2.37. The first-order valence-corrected chi connectivity index (χ1v) is 12.1. The van der Waals surface area contributed by atoms with Gasteiger partial charge in [-0.05, 0) is 81.8 Å². The minimum Gasteiger partial charge on any atom is -0.344 e. The van der Waals surface area contributed by atoms with Crippen LogP contribution in [0.25, 0.3) is 33.1 Å². The van der Waals surface area contributed by atoms with Crippen LogP contribution in [0, 0.1) is 6.92 Å². The van der Waals surface area contributed by atoms with Gasteiger partial charge in [-0.1, -0.05) is 12.1 Å². The Kier molecular flexibility index (Phi) is 4.95. The molecule has 2 aromatic carbocycles. The summed E-state index contributed by atoms with van der Waals surface area (Å²) >= 11 is 0. The van der Waals surface area contributed by atoms with Gasteiger partial charge in [-0.3, -0.25) is 9.89 Å². The van der Waals surface area contributed by atoms with Crippen LogP contribution in [0.4, 0.5) is 0 Å². The Morgan fingerprint density at radius 1 is 1.00 bits per heavy atom. The number of aromatic nitrogens is 5. The number of amides is 1. The molecule has 7 heteroatoms. The highest BCUT2D eigenvalue weighted by molar-refractivity contribution is 6.07. The Balaban J connectivity index is 1.36. The van der Waals surface area contributed by atoms with Crippen LogP contribution in [0.5, 0.6) is 0 Å². The molecular formula is C28H28N6O. The smallest absolute Gasteiger partial charge is 0.252 e. The molecule has 0 saturated carbocycles. The van der Waals surface area contributed by atoms with Crippen molar-refractivity contribution < 1.29 is 4.79 Å². The summed E-state index contributed by atoms with van der Waals surface area (Å²) in [6.45, 7) is 5.84. The van der Waals surface area contributed by atoms with E-state index in [1.807, 2.05) is 57.3 Å². The monoisotopic (exact) mass is 464 g/mol. The number of rotatable bonds is 4. The van der Waals surface area contributed by atoms with E-state index >= 15 is 0 Å². The Morgan fingerprint density at radius 3 is 2.51 bits per heavy atom. The number of aromatic amines is 2. The summed E-state index contributed by atoms with van der Waals surface area (Å²) in [5.41, 5.74) is 7.77. The summed E-state index contributed by atoms with van der Waals surface area (Å²) in [5.74, 6) is 0.602. The Labute approximate surface area is 203 Å². The van der Waals surface area contributed by atoms with Gasteiger partial charge in [0.05, 0.1) is 28.5 Å². The highest BCUT2D eigenvalue weighted by Gasteiger charge is 2.27. The van der Waals surface area contributed by atoms with E-state index in [0.717, 1.165) is 58.5 Å². The highest BCUT2D eigenvalue weighted by atomic mass is 16.1. The van der Waals surface area contributed by atoms with Gasteiger partial charge in [0.2, 0.25) is 0 Å². The van der Waals surface area contributed by atoms with Gasteiger partial charge in [-0.15, -0.1) is 0 Å². The van der Waals surface area contributed by atoms with Crippen molar-refractivity contribution in [2.45, 2.75) is 52.0 Å². The number of nitrogens with zero attached hydrogens (tertiary/aromatic N) is 3. The zero-order chi connectivity index (χ0) is 24.2. The maximum atomic E-state index is 13.0. The first kappa shape index (κ1) is 21.5. The second-order valence-electron chi connectivity index (χ2n) is 9.99. The molecule has 35 heavy (non-hydrogen) atoms. The quantitative estimate of drug-likeness (QED) is 0.334. The van der Waals surface area contributed by atoms with Crippen LogP contribution in [0.3, 0.4) is 0 Å². The van der Waals surface area contributed by atoms with Gasteiger partial charge in [-0.2, -0.15) is 5.10 Å². The number of carbonyl (C=O) groups excluding carboxylic acids is 1. The summed E-state index contributed by atoms with van der Waals surface area (Å²) in [7, 11) is 0. The standard InChI is InChI=1S/C28H28N6O/c1-16-14-29-27(31-16)28(2,3)33-26(35)18-10-8-17(9-11-18)25-20-7-5-4-6-19(20)24-21-15-30-34-22(21)12-13-23(24)32-25/h8-15H,4-7H2,1-3H3,(H,29,31)(H,30,34)(H,33,35). The summed E-state index contributed by atoms with van der Waals surface area (Å²) in [6.07, 6.45) is 8.09. The fourth-order valence-electron chi connectivity index (χ4n) is 5.21. The number of imidazole rings is 1. The molecule has 0 radical (unpaired) electrons. The first-order valence-electron chi connectivity index (χ1n) is 12.1. The van der Waals surface area contributed by atoms with Crippen molar-refractivity contribution in [1.29, 1.82) is 0 Å². The molecule has 1 amide bonds. The molecule has 6 rings (SSSR count). The third kappa shape index (κ3) is 3.67.